The largest absolute Gasteiger partial charge is 0.484 e. The van der Waals surface area contributed by atoms with Gasteiger partial charge in [-0.05, 0) is 19.1 Å². The summed E-state index contributed by atoms with van der Waals surface area (Å²) in [6.07, 6.45) is 1.96. The van der Waals surface area contributed by atoms with Crippen molar-refractivity contribution in [2.45, 2.75) is 13.0 Å². The highest BCUT2D eigenvalue weighted by atomic mass is 16.5. The first-order chi connectivity index (χ1) is 5.77. The van der Waals surface area contributed by atoms with Crippen molar-refractivity contribution in [3.8, 4) is 5.75 Å². The van der Waals surface area contributed by atoms with E-state index in [4.69, 9.17) is 10.5 Å². The maximum absolute atomic E-state index is 5.73. The Morgan fingerprint density at radius 1 is 1.33 bits per heavy atom. The summed E-state index contributed by atoms with van der Waals surface area (Å²) in [5.41, 5.74) is 7.58. The molecule has 0 spiro atoms. The molecule has 0 saturated carbocycles. The molecule has 1 heterocycles. The predicted molar refractivity (Wildman–Crippen MR) is 48.7 cm³/mol. The standard InChI is InChI=1S/C10H11NO/c1-7-9(11)6-8-4-2-3-5-10(8)12-7/h2-7H,11H2,1H3. The molecule has 0 aliphatic carbocycles. The summed E-state index contributed by atoms with van der Waals surface area (Å²) in [6.45, 7) is 1.95. The zero-order valence-electron chi connectivity index (χ0n) is 6.95. The first-order valence-corrected chi connectivity index (χ1v) is 4.00. The number of hydrogen-bond acceptors (Lipinski definition) is 2. The van der Waals surface area contributed by atoms with Gasteiger partial charge in [-0.3, -0.25) is 0 Å². The topological polar surface area (TPSA) is 35.2 Å². The van der Waals surface area contributed by atoms with Gasteiger partial charge in [-0.1, -0.05) is 18.2 Å². The monoisotopic (exact) mass is 161 g/mol. The molecule has 2 N–H and O–H groups in total. The zero-order chi connectivity index (χ0) is 8.55. The number of ether oxygens (including phenoxy) is 1. The van der Waals surface area contributed by atoms with Crippen LogP contribution in [0, 0.1) is 0 Å². The number of fused-ring (bicyclic) bond motifs is 1. The Hall–Kier alpha value is -1.44. The summed E-state index contributed by atoms with van der Waals surface area (Å²) in [5, 5.41) is 0. The van der Waals surface area contributed by atoms with E-state index in [1.165, 1.54) is 0 Å². The fourth-order valence-corrected chi connectivity index (χ4v) is 1.26. The van der Waals surface area contributed by atoms with E-state index < -0.39 is 0 Å². The SMILES string of the molecule is CC1Oc2ccccc2C=C1N. The maximum Gasteiger partial charge on any atom is 0.135 e. The lowest BCUT2D eigenvalue weighted by Gasteiger charge is -2.21. The lowest BCUT2D eigenvalue weighted by molar-refractivity contribution is 0.252. The van der Waals surface area contributed by atoms with E-state index in [-0.39, 0.29) is 6.10 Å². The molecule has 0 saturated heterocycles. The summed E-state index contributed by atoms with van der Waals surface area (Å²) in [5.74, 6) is 0.916. The first-order valence-electron chi connectivity index (χ1n) is 4.00. The third kappa shape index (κ3) is 1.05. The minimum atomic E-state index is -0.0000926. The minimum Gasteiger partial charge on any atom is -0.484 e. The first kappa shape index (κ1) is 7.22. The van der Waals surface area contributed by atoms with Gasteiger partial charge in [0.05, 0.1) is 0 Å². The summed E-state index contributed by atoms with van der Waals surface area (Å²) in [7, 11) is 0. The maximum atomic E-state index is 5.73. The Kier molecular flexibility index (Phi) is 1.54. The van der Waals surface area contributed by atoms with Gasteiger partial charge in [0.15, 0.2) is 0 Å². The van der Waals surface area contributed by atoms with Crippen molar-refractivity contribution in [1.82, 2.24) is 0 Å². The second-order valence-electron chi connectivity index (χ2n) is 2.94. The molecule has 2 heteroatoms. The lowest BCUT2D eigenvalue weighted by Crippen LogP contribution is -2.23. The number of rotatable bonds is 0. The van der Waals surface area contributed by atoms with Crippen LogP contribution in [0.3, 0.4) is 0 Å². The van der Waals surface area contributed by atoms with Gasteiger partial charge in [0.2, 0.25) is 0 Å². The number of benzene rings is 1. The Morgan fingerprint density at radius 2 is 2.08 bits per heavy atom. The zero-order valence-corrected chi connectivity index (χ0v) is 6.95. The van der Waals surface area contributed by atoms with Crippen LogP contribution in [0.25, 0.3) is 6.08 Å². The molecule has 1 unspecified atom stereocenters. The molecule has 2 nitrogen and oxygen atoms in total. The van der Waals surface area contributed by atoms with Crippen LogP contribution in [0.5, 0.6) is 5.75 Å². The third-order valence-electron chi connectivity index (χ3n) is 2.01. The highest BCUT2D eigenvalue weighted by molar-refractivity contribution is 5.62. The summed E-state index contributed by atoms with van der Waals surface area (Å²) >= 11 is 0. The van der Waals surface area contributed by atoms with Crippen molar-refractivity contribution < 1.29 is 4.74 Å². The average Bonchev–Trinajstić information content (AvgIpc) is 2.07. The van der Waals surface area contributed by atoms with Crippen molar-refractivity contribution in [3.05, 3.63) is 35.5 Å². The lowest BCUT2D eigenvalue weighted by atomic mass is 10.1. The molecule has 0 fully saturated rings. The molecule has 0 radical (unpaired) electrons. The van der Waals surface area contributed by atoms with E-state index in [2.05, 4.69) is 0 Å². The van der Waals surface area contributed by atoms with Gasteiger partial charge in [-0.2, -0.15) is 0 Å². The quantitative estimate of drug-likeness (QED) is 0.629. The van der Waals surface area contributed by atoms with Crippen LogP contribution < -0.4 is 10.5 Å². The van der Waals surface area contributed by atoms with Crippen LogP contribution in [0.2, 0.25) is 0 Å². The van der Waals surface area contributed by atoms with Crippen molar-refractivity contribution in [2.24, 2.45) is 5.73 Å². The Bertz CT molecular complexity index is 330. The Labute approximate surface area is 71.6 Å². The second kappa shape index (κ2) is 2.55. The normalized spacial score (nSPS) is 20.8. The Morgan fingerprint density at radius 3 is 2.92 bits per heavy atom. The average molecular weight is 161 g/mol. The van der Waals surface area contributed by atoms with Crippen molar-refractivity contribution >= 4 is 6.08 Å². The number of hydrogen-bond donors (Lipinski definition) is 1. The van der Waals surface area contributed by atoms with E-state index in [1.807, 2.05) is 37.3 Å². The molecule has 1 aliphatic rings. The fourth-order valence-electron chi connectivity index (χ4n) is 1.26. The molecular weight excluding hydrogens is 150 g/mol. The predicted octanol–water partition coefficient (Wildman–Crippen LogP) is 1.77. The summed E-state index contributed by atoms with van der Waals surface area (Å²) in [4.78, 5) is 0. The van der Waals surface area contributed by atoms with Crippen LogP contribution in [0.15, 0.2) is 30.0 Å². The summed E-state index contributed by atoms with van der Waals surface area (Å²) in [6, 6.07) is 7.88. The molecule has 0 aromatic heterocycles. The molecule has 1 aliphatic heterocycles. The van der Waals surface area contributed by atoms with Crippen LogP contribution in [0.1, 0.15) is 12.5 Å². The molecule has 0 amide bonds. The van der Waals surface area contributed by atoms with Gasteiger partial charge in [0.1, 0.15) is 11.9 Å². The molecule has 12 heavy (non-hydrogen) atoms. The van der Waals surface area contributed by atoms with Crippen LogP contribution in [-0.4, -0.2) is 6.10 Å². The van der Waals surface area contributed by atoms with E-state index in [0.717, 1.165) is 17.0 Å². The minimum absolute atomic E-state index is 0.0000926. The molecule has 1 atom stereocenters. The van der Waals surface area contributed by atoms with Gasteiger partial charge in [0, 0.05) is 11.3 Å². The van der Waals surface area contributed by atoms with Crippen molar-refractivity contribution in [1.29, 1.82) is 0 Å². The van der Waals surface area contributed by atoms with Gasteiger partial charge in [0.25, 0.3) is 0 Å². The highest BCUT2D eigenvalue weighted by Crippen LogP contribution is 2.26. The number of para-hydroxylation sites is 1. The summed E-state index contributed by atoms with van der Waals surface area (Å²) < 4.78 is 5.55. The van der Waals surface area contributed by atoms with Crippen LogP contribution in [-0.2, 0) is 0 Å². The highest BCUT2D eigenvalue weighted by Gasteiger charge is 2.14. The van der Waals surface area contributed by atoms with Gasteiger partial charge >= 0.3 is 0 Å². The fraction of sp³-hybridized carbons (Fsp3) is 0.200. The smallest absolute Gasteiger partial charge is 0.135 e. The number of nitrogens with two attached hydrogens (primary N) is 1. The molecular formula is C10H11NO. The van der Waals surface area contributed by atoms with Crippen LogP contribution in [0.4, 0.5) is 0 Å². The molecule has 1 aromatic rings. The van der Waals surface area contributed by atoms with Gasteiger partial charge < -0.3 is 10.5 Å². The van der Waals surface area contributed by atoms with E-state index in [9.17, 15) is 0 Å². The third-order valence-corrected chi connectivity index (χ3v) is 2.01. The molecule has 2 rings (SSSR count). The molecule has 62 valence electrons. The van der Waals surface area contributed by atoms with E-state index >= 15 is 0 Å². The van der Waals surface area contributed by atoms with Crippen molar-refractivity contribution in [2.75, 3.05) is 0 Å². The molecule has 0 bridgehead atoms. The van der Waals surface area contributed by atoms with E-state index in [0.29, 0.717) is 0 Å². The van der Waals surface area contributed by atoms with Crippen molar-refractivity contribution in [3.63, 3.8) is 0 Å². The van der Waals surface area contributed by atoms with E-state index in [1.54, 1.807) is 0 Å². The van der Waals surface area contributed by atoms with Gasteiger partial charge in [-0.25, -0.2) is 0 Å². The molecule has 1 aromatic carbocycles. The Balaban J connectivity index is 2.49. The van der Waals surface area contributed by atoms with Crippen LogP contribution >= 0.6 is 0 Å². The van der Waals surface area contributed by atoms with Gasteiger partial charge in [-0.15, -0.1) is 0 Å². The second-order valence-corrected chi connectivity index (χ2v) is 2.94.